The van der Waals surface area contributed by atoms with Crippen LogP contribution < -0.4 is 15.8 Å². The fourth-order valence-corrected chi connectivity index (χ4v) is 3.64. The Labute approximate surface area is 131 Å². The number of sulfonamides is 1. The first-order valence-electron chi connectivity index (χ1n) is 7.33. The van der Waals surface area contributed by atoms with E-state index in [2.05, 4.69) is 14.7 Å². The molecule has 2 heterocycles. The summed E-state index contributed by atoms with van der Waals surface area (Å²) in [6.45, 7) is 1.01. The minimum atomic E-state index is -3.69. The molecule has 0 saturated carbocycles. The fraction of sp³-hybridized carbons (Fsp3) is 0.429. The smallest absolute Gasteiger partial charge is 0.314 e. The molecule has 1 aromatic heterocycles. The average Bonchev–Trinajstić information content (AvgIpc) is 3.01. The van der Waals surface area contributed by atoms with Crippen molar-refractivity contribution in [3.8, 4) is 0 Å². The Hall–Kier alpha value is -1.97. The zero-order chi connectivity index (χ0) is 16.4. The first-order valence-corrected chi connectivity index (χ1v) is 8.82. The lowest BCUT2D eigenvalue weighted by molar-refractivity contribution is 0.105. The molecule has 124 valence electrons. The van der Waals surface area contributed by atoms with Crippen molar-refractivity contribution in [2.24, 2.45) is 0 Å². The molecule has 0 aliphatic carbocycles. The number of fused-ring (bicyclic) bond motifs is 1. The highest BCUT2D eigenvalue weighted by atomic mass is 32.2. The molecule has 2 aromatic rings. The second-order valence-electron chi connectivity index (χ2n) is 5.44. The van der Waals surface area contributed by atoms with E-state index in [1.165, 1.54) is 18.2 Å². The summed E-state index contributed by atoms with van der Waals surface area (Å²) in [6, 6.07) is 4.15. The second-order valence-corrected chi connectivity index (χ2v) is 7.20. The molecule has 1 atom stereocenters. The number of rotatable bonds is 5. The van der Waals surface area contributed by atoms with Crippen molar-refractivity contribution in [1.29, 1.82) is 0 Å². The number of hydrogen-bond donors (Lipinski definition) is 3. The number of hydrogen-bond acceptors (Lipinski definition) is 5. The Bertz CT molecular complexity index is 925. The summed E-state index contributed by atoms with van der Waals surface area (Å²) in [5.41, 5.74) is -0.967. The van der Waals surface area contributed by atoms with Gasteiger partial charge in [-0.15, -0.1) is 0 Å². The molecule has 0 radical (unpaired) electrons. The number of benzene rings is 1. The molecule has 1 aliphatic heterocycles. The Balaban J connectivity index is 1.78. The van der Waals surface area contributed by atoms with E-state index in [0.29, 0.717) is 11.9 Å². The predicted molar refractivity (Wildman–Crippen MR) is 84.0 cm³/mol. The van der Waals surface area contributed by atoms with Gasteiger partial charge >= 0.3 is 11.1 Å². The van der Waals surface area contributed by atoms with Crippen molar-refractivity contribution < 1.29 is 13.2 Å². The molecule has 1 fully saturated rings. The standard InChI is InChI=1S/C14H17N3O5S/c18-13-14(19)17-12-8-10(3-4-11(12)16-13)23(20,21)15-6-5-9-2-1-7-22-9/h3-4,8-9,15H,1-2,5-7H2,(H,16,18)(H,17,19)/t9-/m1/s1. The Kier molecular flexibility index (Phi) is 4.33. The van der Waals surface area contributed by atoms with Gasteiger partial charge in [-0.3, -0.25) is 9.59 Å². The number of ether oxygens (including phenoxy) is 1. The molecule has 0 unspecified atom stereocenters. The largest absolute Gasteiger partial charge is 0.378 e. The van der Waals surface area contributed by atoms with Crippen LogP contribution in [-0.2, 0) is 14.8 Å². The lowest BCUT2D eigenvalue weighted by Crippen LogP contribution is -2.29. The zero-order valence-corrected chi connectivity index (χ0v) is 13.1. The predicted octanol–water partition coefficient (Wildman–Crippen LogP) is 0.0638. The molecule has 3 rings (SSSR count). The van der Waals surface area contributed by atoms with Crippen molar-refractivity contribution in [2.75, 3.05) is 13.2 Å². The van der Waals surface area contributed by atoms with Gasteiger partial charge < -0.3 is 14.7 Å². The minimum Gasteiger partial charge on any atom is -0.378 e. The first-order chi connectivity index (χ1) is 11.0. The lowest BCUT2D eigenvalue weighted by atomic mass is 10.2. The van der Waals surface area contributed by atoms with Gasteiger partial charge in [-0.25, -0.2) is 13.1 Å². The number of H-pyrrole nitrogens is 2. The molecule has 3 N–H and O–H groups in total. The van der Waals surface area contributed by atoms with Gasteiger partial charge in [0.2, 0.25) is 10.0 Å². The summed E-state index contributed by atoms with van der Waals surface area (Å²) in [6.07, 6.45) is 2.69. The summed E-state index contributed by atoms with van der Waals surface area (Å²) in [5, 5.41) is 0. The maximum Gasteiger partial charge on any atom is 0.314 e. The van der Waals surface area contributed by atoms with Crippen LogP contribution in [0.3, 0.4) is 0 Å². The van der Waals surface area contributed by atoms with Crippen molar-refractivity contribution >= 4 is 21.1 Å². The van der Waals surface area contributed by atoms with E-state index in [1.807, 2.05) is 0 Å². The SMILES string of the molecule is O=c1[nH]c2ccc(S(=O)(=O)NCC[C@H]3CCCO3)cc2[nH]c1=O. The quantitative estimate of drug-likeness (QED) is 0.665. The van der Waals surface area contributed by atoms with Crippen LogP contribution >= 0.6 is 0 Å². The Morgan fingerprint density at radius 3 is 2.61 bits per heavy atom. The molecule has 9 heteroatoms. The van der Waals surface area contributed by atoms with Crippen LogP contribution in [-0.4, -0.2) is 37.6 Å². The highest BCUT2D eigenvalue weighted by Crippen LogP contribution is 2.16. The molecule has 1 aromatic carbocycles. The van der Waals surface area contributed by atoms with Gasteiger partial charge in [0.1, 0.15) is 0 Å². The van der Waals surface area contributed by atoms with E-state index in [0.717, 1.165) is 19.4 Å². The maximum absolute atomic E-state index is 12.3. The van der Waals surface area contributed by atoms with Crippen molar-refractivity contribution in [3.63, 3.8) is 0 Å². The number of aromatic nitrogens is 2. The van der Waals surface area contributed by atoms with E-state index in [9.17, 15) is 18.0 Å². The summed E-state index contributed by atoms with van der Waals surface area (Å²) >= 11 is 0. The normalized spacial score (nSPS) is 18.5. The van der Waals surface area contributed by atoms with E-state index < -0.39 is 21.1 Å². The highest BCUT2D eigenvalue weighted by molar-refractivity contribution is 7.89. The van der Waals surface area contributed by atoms with Crippen molar-refractivity contribution in [2.45, 2.75) is 30.3 Å². The minimum absolute atomic E-state index is 0.0278. The van der Waals surface area contributed by atoms with E-state index >= 15 is 0 Å². The van der Waals surface area contributed by atoms with Crippen LogP contribution in [0.1, 0.15) is 19.3 Å². The molecular formula is C14H17N3O5S. The molecule has 8 nitrogen and oxygen atoms in total. The molecule has 1 saturated heterocycles. The van der Waals surface area contributed by atoms with Crippen LogP contribution in [0.2, 0.25) is 0 Å². The van der Waals surface area contributed by atoms with Crippen LogP contribution in [0, 0.1) is 0 Å². The van der Waals surface area contributed by atoms with Gasteiger partial charge in [-0.1, -0.05) is 0 Å². The summed E-state index contributed by atoms with van der Waals surface area (Å²) < 4.78 is 32.5. The third kappa shape index (κ3) is 3.52. The van der Waals surface area contributed by atoms with Gasteiger partial charge in [0.25, 0.3) is 0 Å². The summed E-state index contributed by atoms with van der Waals surface area (Å²) in [4.78, 5) is 27.3. The third-order valence-electron chi connectivity index (χ3n) is 3.79. The van der Waals surface area contributed by atoms with Crippen LogP contribution in [0.15, 0.2) is 32.7 Å². The van der Waals surface area contributed by atoms with Crippen LogP contribution in [0.4, 0.5) is 0 Å². The molecule has 0 amide bonds. The van der Waals surface area contributed by atoms with Gasteiger partial charge in [-0.2, -0.15) is 0 Å². The van der Waals surface area contributed by atoms with Gasteiger partial charge in [0.15, 0.2) is 0 Å². The lowest BCUT2D eigenvalue weighted by Gasteiger charge is -2.11. The number of aromatic amines is 2. The van der Waals surface area contributed by atoms with E-state index in [-0.39, 0.29) is 23.1 Å². The number of nitrogens with one attached hydrogen (secondary N) is 3. The fourth-order valence-electron chi connectivity index (χ4n) is 2.57. The van der Waals surface area contributed by atoms with Gasteiger partial charge in [-0.05, 0) is 37.5 Å². The van der Waals surface area contributed by atoms with Crippen molar-refractivity contribution in [3.05, 3.63) is 38.9 Å². The zero-order valence-electron chi connectivity index (χ0n) is 12.3. The third-order valence-corrected chi connectivity index (χ3v) is 5.25. The topological polar surface area (TPSA) is 121 Å². The monoisotopic (exact) mass is 339 g/mol. The Morgan fingerprint density at radius 1 is 1.17 bits per heavy atom. The maximum atomic E-state index is 12.3. The molecule has 0 spiro atoms. The molecule has 0 bridgehead atoms. The second kappa shape index (κ2) is 6.26. The molecule has 1 aliphatic rings. The average molecular weight is 339 g/mol. The van der Waals surface area contributed by atoms with Gasteiger partial charge in [0, 0.05) is 13.2 Å². The van der Waals surface area contributed by atoms with E-state index in [4.69, 9.17) is 4.74 Å². The summed E-state index contributed by atoms with van der Waals surface area (Å²) in [5.74, 6) is 0. The van der Waals surface area contributed by atoms with Crippen molar-refractivity contribution in [1.82, 2.24) is 14.7 Å². The molecular weight excluding hydrogens is 322 g/mol. The van der Waals surface area contributed by atoms with E-state index in [1.54, 1.807) is 0 Å². The van der Waals surface area contributed by atoms with Gasteiger partial charge in [0.05, 0.1) is 22.0 Å². The molecule has 23 heavy (non-hydrogen) atoms. The highest BCUT2D eigenvalue weighted by Gasteiger charge is 2.18. The Morgan fingerprint density at radius 2 is 1.91 bits per heavy atom. The van der Waals surface area contributed by atoms with Crippen LogP contribution in [0.25, 0.3) is 11.0 Å². The van der Waals surface area contributed by atoms with Crippen LogP contribution in [0.5, 0.6) is 0 Å². The first kappa shape index (κ1) is 15.9. The summed E-state index contributed by atoms with van der Waals surface area (Å²) in [7, 11) is -3.69.